The Kier molecular flexibility index (Phi) is 3.05. The first kappa shape index (κ1) is 12.9. The second-order valence-electron chi connectivity index (χ2n) is 5.47. The van der Waals surface area contributed by atoms with Crippen LogP contribution in [0, 0.1) is 19.3 Å². The van der Waals surface area contributed by atoms with Crippen molar-refractivity contribution in [1.29, 1.82) is 0 Å². The molecule has 0 aliphatic heterocycles. The molecule has 1 aromatic heterocycles. The molecule has 1 heterocycles. The number of aromatic nitrogens is 1. The highest BCUT2D eigenvalue weighted by Gasteiger charge is 2.46. The van der Waals surface area contributed by atoms with Gasteiger partial charge in [0.1, 0.15) is 0 Å². The van der Waals surface area contributed by atoms with Gasteiger partial charge in [0.05, 0.1) is 5.41 Å². The van der Waals surface area contributed by atoms with Crippen LogP contribution in [0.3, 0.4) is 0 Å². The molecule has 2 unspecified atom stereocenters. The first-order valence-corrected chi connectivity index (χ1v) is 6.29. The van der Waals surface area contributed by atoms with Gasteiger partial charge in [-0.2, -0.15) is 0 Å². The molecule has 1 aliphatic rings. The van der Waals surface area contributed by atoms with E-state index in [9.17, 15) is 14.7 Å². The zero-order valence-electron chi connectivity index (χ0n) is 11.1. The lowest BCUT2D eigenvalue weighted by Crippen LogP contribution is -2.35. The molecule has 0 saturated heterocycles. The first-order valence-electron chi connectivity index (χ1n) is 6.29. The van der Waals surface area contributed by atoms with E-state index in [0.29, 0.717) is 6.42 Å². The molecule has 1 aliphatic carbocycles. The standard InChI is InChI=1S/C14H19NO3/c1-9-7-11(16)8-10(2)15(9)12-5-4-6-14(12,3)13(17)18/h7-8,12H,4-6H2,1-3H3,(H,17,18). The summed E-state index contributed by atoms with van der Waals surface area (Å²) in [6, 6.07) is 3.09. The van der Waals surface area contributed by atoms with E-state index in [-0.39, 0.29) is 11.5 Å². The van der Waals surface area contributed by atoms with Crippen LogP contribution >= 0.6 is 0 Å². The Morgan fingerprint density at radius 3 is 2.44 bits per heavy atom. The summed E-state index contributed by atoms with van der Waals surface area (Å²) in [7, 11) is 0. The predicted molar refractivity (Wildman–Crippen MR) is 68.8 cm³/mol. The number of rotatable bonds is 2. The van der Waals surface area contributed by atoms with E-state index in [2.05, 4.69) is 0 Å². The van der Waals surface area contributed by atoms with Gasteiger partial charge in [0.2, 0.25) is 0 Å². The van der Waals surface area contributed by atoms with Gasteiger partial charge in [-0.05, 0) is 33.6 Å². The molecule has 1 aromatic rings. The molecular formula is C14H19NO3. The quantitative estimate of drug-likeness (QED) is 0.874. The SMILES string of the molecule is Cc1cc(=O)cc(C)n1C1CCCC1(C)C(=O)O. The first-order chi connectivity index (χ1) is 8.36. The number of nitrogens with zero attached hydrogens (tertiary/aromatic N) is 1. The van der Waals surface area contributed by atoms with E-state index >= 15 is 0 Å². The highest BCUT2D eigenvalue weighted by Crippen LogP contribution is 2.47. The number of hydrogen-bond donors (Lipinski definition) is 1. The molecule has 0 aromatic carbocycles. The summed E-state index contributed by atoms with van der Waals surface area (Å²) >= 11 is 0. The largest absolute Gasteiger partial charge is 0.481 e. The molecule has 98 valence electrons. The molecule has 1 saturated carbocycles. The maximum absolute atomic E-state index is 11.5. The van der Waals surface area contributed by atoms with Gasteiger partial charge in [-0.25, -0.2) is 0 Å². The second kappa shape index (κ2) is 4.26. The summed E-state index contributed by atoms with van der Waals surface area (Å²) in [5, 5.41) is 9.47. The van der Waals surface area contributed by atoms with Crippen LogP contribution in [-0.4, -0.2) is 15.6 Å². The van der Waals surface area contributed by atoms with E-state index < -0.39 is 11.4 Å². The Bertz CT molecular complexity index is 520. The van der Waals surface area contributed by atoms with Crippen molar-refractivity contribution in [3.8, 4) is 0 Å². The van der Waals surface area contributed by atoms with Crippen LogP contribution in [0.4, 0.5) is 0 Å². The maximum atomic E-state index is 11.5. The highest BCUT2D eigenvalue weighted by molar-refractivity contribution is 5.75. The summed E-state index contributed by atoms with van der Waals surface area (Å²) < 4.78 is 2.02. The van der Waals surface area contributed by atoms with Gasteiger partial charge in [-0.3, -0.25) is 9.59 Å². The summed E-state index contributed by atoms with van der Waals surface area (Å²) in [6.45, 7) is 5.55. The number of hydrogen-bond acceptors (Lipinski definition) is 2. The van der Waals surface area contributed by atoms with Gasteiger partial charge in [-0.1, -0.05) is 6.42 Å². The lowest BCUT2D eigenvalue weighted by molar-refractivity contribution is -0.149. The van der Waals surface area contributed by atoms with Crippen LogP contribution in [0.25, 0.3) is 0 Å². The molecule has 0 spiro atoms. The van der Waals surface area contributed by atoms with Crippen LogP contribution in [0.5, 0.6) is 0 Å². The van der Waals surface area contributed by atoms with Crippen molar-refractivity contribution in [2.45, 2.75) is 46.1 Å². The minimum atomic E-state index is -0.748. The molecule has 0 bridgehead atoms. The van der Waals surface area contributed by atoms with Crippen molar-refractivity contribution >= 4 is 5.97 Å². The lowest BCUT2D eigenvalue weighted by atomic mass is 9.84. The van der Waals surface area contributed by atoms with Crippen LogP contribution in [0.15, 0.2) is 16.9 Å². The predicted octanol–water partition coefficient (Wildman–Crippen LogP) is 2.28. The number of carboxylic acids is 1. The monoisotopic (exact) mass is 249 g/mol. The second-order valence-corrected chi connectivity index (χ2v) is 5.47. The van der Waals surface area contributed by atoms with Gasteiger partial charge in [0.25, 0.3) is 0 Å². The molecule has 0 radical (unpaired) electrons. The Balaban J connectivity index is 2.56. The van der Waals surface area contributed by atoms with Crippen molar-refractivity contribution in [3.05, 3.63) is 33.7 Å². The molecule has 2 atom stereocenters. The number of carbonyl (C=O) groups is 1. The zero-order valence-corrected chi connectivity index (χ0v) is 11.1. The summed E-state index contributed by atoms with van der Waals surface area (Å²) in [5.74, 6) is -0.748. The number of pyridine rings is 1. The summed E-state index contributed by atoms with van der Waals surface area (Å²) in [6.07, 6.45) is 2.46. The van der Waals surface area contributed by atoms with Gasteiger partial charge in [0, 0.05) is 29.6 Å². The number of aryl methyl sites for hydroxylation is 2. The average molecular weight is 249 g/mol. The van der Waals surface area contributed by atoms with Crippen molar-refractivity contribution in [1.82, 2.24) is 4.57 Å². The lowest BCUT2D eigenvalue weighted by Gasteiger charge is -2.32. The minimum absolute atomic E-state index is 0.0173. The van der Waals surface area contributed by atoms with Crippen LogP contribution in [-0.2, 0) is 4.79 Å². The van der Waals surface area contributed by atoms with Crippen LogP contribution < -0.4 is 5.43 Å². The van der Waals surface area contributed by atoms with E-state index in [4.69, 9.17) is 0 Å². The van der Waals surface area contributed by atoms with E-state index in [1.165, 1.54) is 0 Å². The number of carboxylic acid groups (broad SMARTS) is 1. The Morgan fingerprint density at radius 2 is 1.94 bits per heavy atom. The normalized spacial score (nSPS) is 27.4. The molecule has 4 heteroatoms. The molecular weight excluding hydrogens is 230 g/mol. The Morgan fingerprint density at radius 1 is 1.39 bits per heavy atom. The zero-order chi connectivity index (χ0) is 13.5. The summed E-state index contributed by atoms with van der Waals surface area (Å²) in [5.41, 5.74) is 0.944. The van der Waals surface area contributed by atoms with Gasteiger partial charge < -0.3 is 9.67 Å². The Labute approximate surface area is 106 Å². The fraction of sp³-hybridized carbons (Fsp3) is 0.571. The van der Waals surface area contributed by atoms with Gasteiger partial charge >= 0.3 is 5.97 Å². The third-order valence-corrected chi connectivity index (χ3v) is 4.17. The fourth-order valence-electron chi connectivity index (χ4n) is 3.17. The van der Waals surface area contributed by atoms with Crippen LogP contribution in [0.2, 0.25) is 0 Å². The minimum Gasteiger partial charge on any atom is -0.481 e. The molecule has 1 fully saturated rings. The number of aliphatic carboxylic acids is 1. The smallest absolute Gasteiger partial charge is 0.311 e. The van der Waals surface area contributed by atoms with E-state index in [0.717, 1.165) is 24.2 Å². The van der Waals surface area contributed by atoms with Gasteiger partial charge in [-0.15, -0.1) is 0 Å². The molecule has 1 N–H and O–H groups in total. The van der Waals surface area contributed by atoms with E-state index in [1.54, 1.807) is 12.1 Å². The molecule has 0 amide bonds. The van der Waals surface area contributed by atoms with Crippen molar-refractivity contribution in [3.63, 3.8) is 0 Å². The highest BCUT2D eigenvalue weighted by atomic mass is 16.4. The third-order valence-electron chi connectivity index (χ3n) is 4.17. The van der Waals surface area contributed by atoms with Crippen LogP contribution in [0.1, 0.15) is 43.6 Å². The van der Waals surface area contributed by atoms with Crippen molar-refractivity contribution in [2.24, 2.45) is 5.41 Å². The topological polar surface area (TPSA) is 59.3 Å². The molecule has 2 rings (SSSR count). The van der Waals surface area contributed by atoms with Gasteiger partial charge in [0.15, 0.2) is 5.43 Å². The summed E-state index contributed by atoms with van der Waals surface area (Å²) in [4.78, 5) is 23.0. The third kappa shape index (κ3) is 1.85. The van der Waals surface area contributed by atoms with Crippen molar-refractivity contribution in [2.75, 3.05) is 0 Å². The fourth-order valence-corrected chi connectivity index (χ4v) is 3.17. The average Bonchev–Trinajstić information content (AvgIpc) is 2.61. The molecule has 4 nitrogen and oxygen atoms in total. The maximum Gasteiger partial charge on any atom is 0.311 e. The van der Waals surface area contributed by atoms with Crippen molar-refractivity contribution < 1.29 is 9.90 Å². The Hall–Kier alpha value is -1.58. The van der Waals surface area contributed by atoms with E-state index in [1.807, 2.05) is 25.3 Å². The molecule has 18 heavy (non-hydrogen) atoms.